The molecule has 0 bridgehead atoms. The van der Waals surface area contributed by atoms with Gasteiger partial charge in [0.15, 0.2) is 6.61 Å². The Bertz CT molecular complexity index is 1300. The maximum atomic E-state index is 12.7. The molecule has 1 aromatic heterocycles. The molecule has 0 radical (unpaired) electrons. The van der Waals surface area contributed by atoms with Crippen molar-refractivity contribution in [2.75, 3.05) is 6.61 Å². The molecule has 0 atom stereocenters. The lowest BCUT2D eigenvalue weighted by atomic mass is 10.1. The number of esters is 1. The molecule has 2 aromatic carbocycles. The first-order chi connectivity index (χ1) is 14.6. The topological polar surface area (TPSA) is 132 Å². The third-order valence-corrected chi connectivity index (χ3v) is 5.67. The van der Waals surface area contributed by atoms with Crippen molar-refractivity contribution < 1.29 is 22.7 Å². The number of aromatic nitrogens is 1. The van der Waals surface area contributed by atoms with Crippen LogP contribution in [0.15, 0.2) is 59.5 Å². The second-order valence-corrected chi connectivity index (χ2v) is 8.41. The SMILES string of the molecule is Cc1cc(C(=O)COC(=O)c2ccc(C#N)cc2)c(C)n1-c1ccc(S(N)(=O)=O)cc1. The number of hydrogen-bond donors (Lipinski definition) is 1. The van der Waals surface area contributed by atoms with E-state index in [1.165, 1.54) is 36.4 Å². The number of rotatable bonds is 6. The summed E-state index contributed by atoms with van der Waals surface area (Å²) in [6, 6.07) is 15.5. The van der Waals surface area contributed by atoms with Gasteiger partial charge in [-0.15, -0.1) is 0 Å². The van der Waals surface area contributed by atoms with Gasteiger partial charge in [-0.1, -0.05) is 0 Å². The first-order valence-corrected chi connectivity index (χ1v) is 10.7. The number of hydrogen-bond acceptors (Lipinski definition) is 6. The quantitative estimate of drug-likeness (QED) is 0.466. The fourth-order valence-corrected chi connectivity index (χ4v) is 3.72. The Hall–Kier alpha value is -3.74. The van der Waals surface area contributed by atoms with E-state index in [0.29, 0.717) is 22.5 Å². The molecule has 0 unspecified atom stereocenters. The maximum absolute atomic E-state index is 12.7. The highest BCUT2D eigenvalue weighted by Crippen LogP contribution is 2.22. The largest absolute Gasteiger partial charge is 0.454 e. The lowest BCUT2D eigenvalue weighted by molar-refractivity contribution is 0.0474. The number of carbonyl (C=O) groups excluding carboxylic acids is 2. The minimum atomic E-state index is -3.80. The summed E-state index contributed by atoms with van der Waals surface area (Å²) in [7, 11) is -3.80. The number of nitrogens with two attached hydrogens (primary N) is 1. The molecular weight excluding hydrogens is 418 g/mol. The Morgan fingerprint density at radius 3 is 2.23 bits per heavy atom. The van der Waals surface area contributed by atoms with E-state index < -0.39 is 22.6 Å². The van der Waals surface area contributed by atoms with Gasteiger partial charge in [0.2, 0.25) is 15.8 Å². The van der Waals surface area contributed by atoms with Gasteiger partial charge in [-0.25, -0.2) is 18.4 Å². The Morgan fingerprint density at radius 2 is 1.68 bits per heavy atom. The molecule has 0 aliphatic rings. The normalized spacial score (nSPS) is 11.0. The minimum Gasteiger partial charge on any atom is -0.454 e. The van der Waals surface area contributed by atoms with Crippen molar-refractivity contribution in [1.82, 2.24) is 4.57 Å². The molecule has 2 N–H and O–H groups in total. The van der Waals surface area contributed by atoms with Gasteiger partial charge >= 0.3 is 5.97 Å². The van der Waals surface area contributed by atoms with E-state index in [2.05, 4.69) is 0 Å². The van der Waals surface area contributed by atoms with Crippen molar-refractivity contribution in [2.45, 2.75) is 18.7 Å². The van der Waals surface area contributed by atoms with Gasteiger partial charge in [0.25, 0.3) is 0 Å². The van der Waals surface area contributed by atoms with E-state index in [0.717, 1.165) is 5.69 Å². The Balaban J connectivity index is 1.77. The summed E-state index contributed by atoms with van der Waals surface area (Å²) in [6.07, 6.45) is 0. The number of sulfonamides is 1. The Morgan fingerprint density at radius 1 is 1.06 bits per heavy atom. The number of ketones is 1. The molecule has 0 fully saturated rings. The first kappa shape index (κ1) is 22.0. The molecule has 8 nitrogen and oxygen atoms in total. The van der Waals surface area contributed by atoms with Crippen LogP contribution in [0.25, 0.3) is 5.69 Å². The van der Waals surface area contributed by atoms with Crippen molar-refractivity contribution in [3.63, 3.8) is 0 Å². The van der Waals surface area contributed by atoms with E-state index in [1.54, 1.807) is 36.6 Å². The summed E-state index contributed by atoms with van der Waals surface area (Å²) in [5.74, 6) is -1.03. The zero-order chi connectivity index (χ0) is 22.8. The molecule has 0 spiro atoms. The van der Waals surface area contributed by atoms with E-state index in [4.69, 9.17) is 15.1 Å². The number of primary sulfonamides is 1. The van der Waals surface area contributed by atoms with Crippen LogP contribution in [0.2, 0.25) is 0 Å². The molecule has 3 aromatic rings. The number of nitrogens with zero attached hydrogens (tertiary/aromatic N) is 2. The van der Waals surface area contributed by atoms with Gasteiger partial charge in [-0.3, -0.25) is 4.79 Å². The van der Waals surface area contributed by atoms with Crippen molar-refractivity contribution in [1.29, 1.82) is 5.26 Å². The summed E-state index contributed by atoms with van der Waals surface area (Å²) in [5, 5.41) is 13.9. The van der Waals surface area contributed by atoms with Gasteiger partial charge < -0.3 is 9.30 Å². The fourth-order valence-electron chi connectivity index (χ4n) is 3.20. The molecule has 0 saturated carbocycles. The average Bonchev–Trinajstić information content (AvgIpc) is 3.05. The first-order valence-electron chi connectivity index (χ1n) is 9.14. The molecule has 0 amide bonds. The molecule has 9 heteroatoms. The van der Waals surface area contributed by atoms with Crippen molar-refractivity contribution in [3.8, 4) is 11.8 Å². The number of nitriles is 1. The van der Waals surface area contributed by atoms with Crippen LogP contribution in [-0.4, -0.2) is 31.3 Å². The van der Waals surface area contributed by atoms with E-state index in [-0.39, 0.29) is 16.2 Å². The zero-order valence-corrected chi connectivity index (χ0v) is 17.6. The van der Waals surface area contributed by atoms with Gasteiger partial charge in [0, 0.05) is 22.6 Å². The van der Waals surface area contributed by atoms with Crippen LogP contribution in [0.5, 0.6) is 0 Å². The van der Waals surface area contributed by atoms with Gasteiger partial charge in [0.05, 0.1) is 22.1 Å². The smallest absolute Gasteiger partial charge is 0.338 e. The second-order valence-electron chi connectivity index (χ2n) is 6.85. The molecule has 0 saturated heterocycles. The molecule has 1 heterocycles. The summed E-state index contributed by atoms with van der Waals surface area (Å²) < 4.78 is 29.8. The van der Waals surface area contributed by atoms with Crippen molar-refractivity contribution in [2.24, 2.45) is 5.14 Å². The van der Waals surface area contributed by atoms with Crippen LogP contribution in [0, 0.1) is 25.2 Å². The summed E-state index contributed by atoms with van der Waals surface area (Å²) in [5.41, 5.74) is 3.09. The minimum absolute atomic E-state index is 0.00951. The third kappa shape index (κ3) is 4.71. The predicted octanol–water partition coefficient (Wildman–Crippen LogP) is 2.65. The summed E-state index contributed by atoms with van der Waals surface area (Å²) in [6.45, 7) is 3.11. The van der Waals surface area contributed by atoms with Gasteiger partial charge in [-0.2, -0.15) is 5.26 Å². The summed E-state index contributed by atoms with van der Waals surface area (Å²) in [4.78, 5) is 24.8. The predicted molar refractivity (Wildman–Crippen MR) is 112 cm³/mol. The van der Waals surface area contributed by atoms with E-state index >= 15 is 0 Å². The monoisotopic (exact) mass is 437 g/mol. The van der Waals surface area contributed by atoms with Crippen molar-refractivity contribution in [3.05, 3.63) is 82.7 Å². The van der Waals surface area contributed by atoms with Crippen LogP contribution >= 0.6 is 0 Å². The standard InChI is InChI=1S/C22H19N3O5S/c1-14-11-20(15(2)25(14)18-7-9-19(10-8-18)31(24,28)29)21(26)13-30-22(27)17-5-3-16(12-23)4-6-17/h3-11H,13H2,1-2H3,(H2,24,28,29). The number of carbonyl (C=O) groups is 2. The maximum Gasteiger partial charge on any atom is 0.338 e. The molecule has 0 aliphatic carbocycles. The highest BCUT2D eigenvalue weighted by Gasteiger charge is 2.19. The number of benzene rings is 2. The highest BCUT2D eigenvalue weighted by atomic mass is 32.2. The molecule has 158 valence electrons. The lowest BCUT2D eigenvalue weighted by Crippen LogP contribution is -2.15. The molecular formula is C22H19N3O5S. The van der Waals surface area contributed by atoms with Crippen LogP contribution in [0.1, 0.15) is 37.7 Å². The van der Waals surface area contributed by atoms with Crippen molar-refractivity contribution >= 4 is 21.8 Å². The van der Waals surface area contributed by atoms with E-state index in [1.807, 2.05) is 6.07 Å². The highest BCUT2D eigenvalue weighted by molar-refractivity contribution is 7.89. The number of aryl methyl sites for hydroxylation is 1. The van der Waals surface area contributed by atoms with Gasteiger partial charge in [-0.05, 0) is 68.4 Å². The Labute approximate surface area is 179 Å². The van der Waals surface area contributed by atoms with Crippen LogP contribution in [-0.2, 0) is 14.8 Å². The van der Waals surface area contributed by atoms with Crippen LogP contribution in [0.3, 0.4) is 0 Å². The number of ether oxygens (including phenoxy) is 1. The lowest BCUT2D eigenvalue weighted by Gasteiger charge is -2.10. The molecule has 3 rings (SSSR count). The van der Waals surface area contributed by atoms with Crippen LogP contribution < -0.4 is 5.14 Å². The summed E-state index contributed by atoms with van der Waals surface area (Å²) >= 11 is 0. The number of Topliss-reactive ketones (excluding diaryl/α,β-unsaturated/α-hetero) is 1. The second kappa shape index (κ2) is 8.55. The molecule has 0 aliphatic heterocycles. The zero-order valence-electron chi connectivity index (χ0n) is 16.8. The third-order valence-electron chi connectivity index (χ3n) is 4.74. The average molecular weight is 437 g/mol. The molecule has 31 heavy (non-hydrogen) atoms. The van der Waals surface area contributed by atoms with Crippen LogP contribution in [0.4, 0.5) is 0 Å². The Kier molecular flexibility index (Phi) is 6.06. The fraction of sp³-hybridized carbons (Fsp3) is 0.136. The van der Waals surface area contributed by atoms with Gasteiger partial charge in [0.1, 0.15) is 0 Å². The van der Waals surface area contributed by atoms with E-state index in [9.17, 15) is 18.0 Å².